The number of hydrogen-bond acceptors (Lipinski definition) is 4. The highest BCUT2D eigenvalue weighted by molar-refractivity contribution is 7.89. The minimum atomic E-state index is -3.72. The van der Waals surface area contributed by atoms with Crippen LogP contribution in [0.2, 0.25) is 0 Å². The molecule has 7 heteroatoms. The molecule has 1 aliphatic heterocycles. The van der Waals surface area contributed by atoms with Crippen molar-refractivity contribution < 1.29 is 17.9 Å². The van der Waals surface area contributed by atoms with Crippen LogP contribution in [0, 0.1) is 0 Å². The highest BCUT2D eigenvalue weighted by atomic mass is 32.2. The van der Waals surface area contributed by atoms with Crippen LogP contribution in [0.4, 0.5) is 0 Å². The normalized spacial score (nSPS) is 22.7. The van der Waals surface area contributed by atoms with Crippen molar-refractivity contribution in [3.63, 3.8) is 0 Å². The minimum absolute atomic E-state index is 0.00463. The van der Waals surface area contributed by atoms with Gasteiger partial charge in [-0.1, -0.05) is 31.4 Å². The van der Waals surface area contributed by atoms with E-state index in [0.717, 1.165) is 38.5 Å². The molecule has 3 rings (SSSR count). The Morgan fingerprint density at radius 3 is 2.52 bits per heavy atom. The van der Waals surface area contributed by atoms with Crippen LogP contribution in [0.1, 0.15) is 52.4 Å². The zero-order chi connectivity index (χ0) is 19.7. The zero-order valence-electron chi connectivity index (χ0n) is 16.5. The number of methoxy groups -OCH3 is 1. The van der Waals surface area contributed by atoms with Crippen molar-refractivity contribution in [3.05, 3.63) is 24.3 Å². The number of likely N-dealkylation sites (N-methyl/N-ethyl adjacent to an activating group) is 1. The van der Waals surface area contributed by atoms with Crippen LogP contribution in [-0.2, 0) is 14.8 Å². The first-order valence-electron chi connectivity index (χ1n) is 9.79. The molecule has 6 nitrogen and oxygen atoms in total. The van der Waals surface area contributed by atoms with Crippen molar-refractivity contribution in [1.82, 2.24) is 9.21 Å². The number of rotatable bonds is 5. The summed E-state index contributed by atoms with van der Waals surface area (Å²) < 4.78 is 34.3. The molecular formula is C20H30N2O4S. The summed E-state index contributed by atoms with van der Waals surface area (Å²) in [4.78, 5) is 14.1. The maximum Gasteiger partial charge on any atom is 0.247 e. The average Bonchev–Trinajstić information content (AvgIpc) is 3.01. The average molecular weight is 395 g/mol. The third kappa shape index (κ3) is 3.59. The van der Waals surface area contributed by atoms with Gasteiger partial charge in [-0.15, -0.1) is 0 Å². The van der Waals surface area contributed by atoms with Gasteiger partial charge in [0, 0.05) is 31.6 Å². The number of carbonyl (C=O) groups excluding carboxylic acids is 1. The molecule has 0 radical (unpaired) electrons. The monoisotopic (exact) mass is 394 g/mol. The minimum Gasteiger partial charge on any atom is -0.495 e. The second-order valence-corrected chi connectivity index (χ2v) is 9.47. The number of hydrogen-bond donors (Lipinski definition) is 0. The van der Waals surface area contributed by atoms with Crippen LogP contribution in [0.15, 0.2) is 29.2 Å². The number of ether oxygens (including phenoxy) is 1. The number of benzene rings is 1. The lowest BCUT2D eigenvalue weighted by molar-refractivity contribution is -0.130. The van der Waals surface area contributed by atoms with E-state index in [0.29, 0.717) is 18.8 Å². The number of sulfonamides is 1. The van der Waals surface area contributed by atoms with E-state index in [1.807, 2.05) is 11.8 Å². The SMILES string of the molecule is CCN(C(C)=O)[C@H]1CN(S(=O)(=O)c2ccccc2OC)C2(CCCCC2)C1. The number of carbonyl (C=O) groups is 1. The van der Waals surface area contributed by atoms with Gasteiger partial charge < -0.3 is 9.64 Å². The number of amides is 1. The molecule has 1 spiro atoms. The Bertz CT molecular complexity index is 787. The third-order valence-electron chi connectivity index (χ3n) is 6.13. The summed E-state index contributed by atoms with van der Waals surface area (Å²) >= 11 is 0. The van der Waals surface area contributed by atoms with E-state index in [2.05, 4.69) is 0 Å². The molecule has 1 saturated heterocycles. The Labute approximate surface area is 162 Å². The summed E-state index contributed by atoms with van der Waals surface area (Å²) in [5.41, 5.74) is -0.397. The highest BCUT2D eigenvalue weighted by Gasteiger charge is 2.53. The Morgan fingerprint density at radius 1 is 1.26 bits per heavy atom. The van der Waals surface area contributed by atoms with Gasteiger partial charge >= 0.3 is 0 Å². The van der Waals surface area contributed by atoms with Crippen LogP contribution < -0.4 is 4.74 Å². The van der Waals surface area contributed by atoms with Gasteiger partial charge in [0.05, 0.1) is 7.11 Å². The van der Waals surface area contributed by atoms with Gasteiger partial charge in [0.15, 0.2) is 0 Å². The first-order valence-corrected chi connectivity index (χ1v) is 11.2. The lowest BCUT2D eigenvalue weighted by Gasteiger charge is -2.40. The fourth-order valence-electron chi connectivity index (χ4n) is 4.90. The van der Waals surface area contributed by atoms with Crippen LogP contribution in [-0.4, -0.2) is 55.3 Å². The molecule has 0 bridgehead atoms. The molecule has 1 atom stereocenters. The van der Waals surface area contributed by atoms with Gasteiger partial charge in [0.1, 0.15) is 10.6 Å². The molecule has 2 aliphatic rings. The summed E-state index contributed by atoms with van der Waals surface area (Å²) in [5, 5.41) is 0. The molecular weight excluding hydrogens is 364 g/mol. The van der Waals surface area contributed by atoms with Gasteiger partial charge in [-0.25, -0.2) is 8.42 Å². The first kappa shape index (κ1) is 20.1. The molecule has 1 aromatic rings. The molecule has 0 unspecified atom stereocenters. The van der Waals surface area contributed by atoms with E-state index in [1.54, 1.807) is 35.5 Å². The maximum atomic E-state index is 13.7. The van der Waals surface area contributed by atoms with Crippen molar-refractivity contribution in [2.75, 3.05) is 20.2 Å². The van der Waals surface area contributed by atoms with Crippen molar-refractivity contribution in [2.24, 2.45) is 0 Å². The van der Waals surface area contributed by atoms with Gasteiger partial charge in [-0.2, -0.15) is 4.31 Å². The van der Waals surface area contributed by atoms with Crippen molar-refractivity contribution in [3.8, 4) is 5.75 Å². The number of nitrogens with zero attached hydrogens (tertiary/aromatic N) is 2. The third-order valence-corrected chi connectivity index (χ3v) is 8.14. The zero-order valence-corrected chi connectivity index (χ0v) is 17.3. The van der Waals surface area contributed by atoms with Crippen LogP contribution in [0.25, 0.3) is 0 Å². The summed E-state index contributed by atoms with van der Waals surface area (Å²) in [6.07, 6.45) is 5.61. The van der Waals surface area contributed by atoms with E-state index in [9.17, 15) is 13.2 Å². The predicted molar refractivity (Wildman–Crippen MR) is 104 cm³/mol. The van der Waals surface area contributed by atoms with Crippen molar-refractivity contribution in [1.29, 1.82) is 0 Å². The summed E-state index contributed by atoms with van der Waals surface area (Å²) in [5.74, 6) is 0.371. The fourth-order valence-corrected chi connectivity index (χ4v) is 6.93. The maximum absolute atomic E-state index is 13.7. The molecule has 2 fully saturated rings. The smallest absolute Gasteiger partial charge is 0.247 e. The molecule has 27 heavy (non-hydrogen) atoms. The predicted octanol–water partition coefficient (Wildman–Crippen LogP) is 3.03. The molecule has 0 N–H and O–H groups in total. The van der Waals surface area contributed by atoms with E-state index >= 15 is 0 Å². The van der Waals surface area contributed by atoms with E-state index in [1.165, 1.54) is 7.11 Å². The molecule has 1 aliphatic carbocycles. The van der Waals surface area contributed by atoms with E-state index in [4.69, 9.17) is 4.74 Å². The molecule has 1 heterocycles. The standard InChI is InChI=1S/C20H30N2O4S/c1-4-21(16(2)23)17-14-20(12-8-5-9-13-20)22(15-17)27(24,25)19-11-7-6-10-18(19)26-3/h6-7,10-11,17H,4-5,8-9,12-15H2,1-3H3/t17-/m1/s1. The molecule has 1 aromatic carbocycles. The Kier molecular flexibility index (Phi) is 5.82. The second-order valence-electron chi connectivity index (χ2n) is 7.63. The highest BCUT2D eigenvalue weighted by Crippen LogP contribution is 2.46. The first-order chi connectivity index (χ1) is 12.9. The van der Waals surface area contributed by atoms with Crippen LogP contribution >= 0.6 is 0 Å². The van der Waals surface area contributed by atoms with Crippen molar-refractivity contribution in [2.45, 2.75) is 68.8 Å². The van der Waals surface area contributed by atoms with Gasteiger partial charge in [0.25, 0.3) is 0 Å². The molecule has 1 saturated carbocycles. The molecule has 150 valence electrons. The van der Waals surface area contributed by atoms with Gasteiger partial charge in [0.2, 0.25) is 15.9 Å². The lowest BCUT2D eigenvalue weighted by Crippen LogP contribution is -2.48. The number of para-hydroxylation sites is 1. The molecule has 1 amide bonds. The van der Waals surface area contributed by atoms with Gasteiger partial charge in [-0.05, 0) is 38.3 Å². The van der Waals surface area contributed by atoms with E-state index < -0.39 is 15.6 Å². The Balaban J connectivity index is 2.03. The van der Waals surface area contributed by atoms with E-state index in [-0.39, 0.29) is 16.8 Å². The summed E-state index contributed by atoms with van der Waals surface area (Å²) in [7, 11) is -2.23. The van der Waals surface area contributed by atoms with Crippen LogP contribution in [0.3, 0.4) is 0 Å². The van der Waals surface area contributed by atoms with Crippen molar-refractivity contribution >= 4 is 15.9 Å². The Morgan fingerprint density at radius 2 is 1.93 bits per heavy atom. The quantitative estimate of drug-likeness (QED) is 0.770. The topological polar surface area (TPSA) is 66.9 Å². The fraction of sp³-hybridized carbons (Fsp3) is 0.650. The largest absolute Gasteiger partial charge is 0.495 e. The summed E-state index contributed by atoms with van der Waals surface area (Å²) in [6, 6.07) is 6.72. The van der Waals surface area contributed by atoms with Gasteiger partial charge in [-0.3, -0.25) is 4.79 Å². The Hall–Kier alpha value is -1.60. The molecule has 0 aromatic heterocycles. The lowest BCUT2D eigenvalue weighted by atomic mass is 9.80. The summed E-state index contributed by atoms with van der Waals surface area (Å²) in [6.45, 7) is 4.47. The van der Waals surface area contributed by atoms with Crippen LogP contribution in [0.5, 0.6) is 5.75 Å². The second kappa shape index (κ2) is 7.80.